The first kappa shape index (κ1) is 11.2. The smallest absolute Gasteiger partial charge is 0.0539 e. The highest BCUT2D eigenvalue weighted by molar-refractivity contribution is 9.10. The Hall–Kier alpha value is 0.140. The number of rotatable bonds is 4. The molecule has 0 fully saturated rings. The molecule has 0 N–H and O–H groups in total. The van der Waals surface area contributed by atoms with Crippen LogP contribution >= 0.6 is 31.9 Å². The average Bonchev–Trinajstić information content (AvgIpc) is 2.14. The molecule has 0 spiro atoms. The molecule has 0 aliphatic carbocycles. The van der Waals surface area contributed by atoms with Crippen molar-refractivity contribution >= 4 is 31.9 Å². The maximum absolute atomic E-state index is 3.46. The third kappa shape index (κ3) is 4.25. The minimum absolute atomic E-state index is 0.932. The fraction of sp³-hybridized carbons (Fsp3) is 0.400. The largest absolute Gasteiger partial charge is 0.296 e. The topological polar surface area (TPSA) is 3.24 Å². The van der Waals surface area contributed by atoms with Gasteiger partial charge in [0, 0.05) is 11.0 Å². The molecule has 0 atom stereocenters. The van der Waals surface area contributed by atoms with E-state index in [4.69, 9.17) is 0 Å². The normalized spacial score (nSPS) is 10.8. The van der Waals surface area contributed by atoms with Gasteiger partial charge in [0.15, 0.2) is 0 Å². The fourth-order valence-electron chi connectivity index (χ4n) is 1.07. The van der Waals surface area contributed by atoms with Crippen molar-refractivity contribution in [1.82, 2.24) is 4.90 Å². The van der Waals surface area contributed by atoms with Crippen LogP contribution in [0.15, 0.2) is 28.7 Å². The molecule has 0 aliphatic rings. The lowest BCUT2D eigenvalue weighted by Crippen LogP contribution is -2.18. The van der Waals surface area contributed by atoms with Crippen molar-refractivity contribution < 1.29 is 0 Å². The summed E-state index contributed by atoms with van der Waals surface area (Å²) in [7, 11) is 2.10. The lowest BCUT2D eigenvalue weighted by atomic mass is 10.1. The molecule has 0 aromatic heterocycles. The first-order chi connectivity index (χ1) is 6.22. The second-order valence-electron chi connectivity index (χ2n) is 3.08. The SMILES string of the molecule is CN(CBr)CCc1cccc(Br)c1. The number of hydrogen-bond acceptors (Lipinski definition) is 1. The van der Waals surface area contributed by atoms with E-state index in [1.54, 1.807) is 0 Å². The van der Waals surface area contributed by atoms with E-state index in [9.17, 15) is 0 Å². The van der Waals surface area contributed by atoms with Gasteiger partial charge in [-0.1, -0.05) is 44.0 Å². The summed E-state index contributed by atoms with van der Waals surface area (Å²) in [5, 5.41) is 0. The molecule has 1 rings (SSSR count). The summed E-state index contributed by atoms with van der Waals surface area (Å²) in [5.74, 6) is 0. The fourth-order valence-corrected chi connectivity index (χ4v) is 1.77. The van der Waals surface area contributed by atoms with E-state index in [1.807, 2.05) is 0 Å². The Kier molecular flexibility index (Phi) is 4.99. The Morgan fingerprint density at radius 3 is 2.77 bits per heavy atom. The maximum Gasteiger partial charge on any atom is 0.0539 e. The molecular weight excluding hydrogens is 294 g/mol. The number of hydrogen-bond donors (Lipinski definition) is 0. The molecule has 13 heavy (non-hydrogen) atoms. The van der Waals surface area contributed by atoms with Crippen LogP contribution in [0.1, 0.15) is 5.56 Å². The van der Waals surface area contributed by atoms with Crippen molar-refractivity contribution in [2.75, 3.05) is 19.0 Å². The zero-order valence-corrected chi connectivity index (χ0v) is 10.8. The van der Waals surface area contributed by atoms with Crippen molar-refractivity contribution in [2.24, 2.45) is 0 Å². The second kappa shape index (κ2) is 5.78. The summed E-state index contributed by atoms with van der Waals surface area (Å²) in [6.07, 6.45) is 1.10. The number of likely N-dealkylation sites (N-methyl/N-ethyl adjacent to an activating group) is 1. The first-order valence-corrected chi connectivity index (χ1v) is 6.13. The third-order valence-electron chi connectivity index (χ3n) is 1.88. The number of benzene rings is 1. The van der Waals surface area contributed by atoms with Crippen molar-refractivity contribution in [1.29, 1.82) is 0 Å². The Bertz CT molecular complexity index is 263. The Morgan fingerprint density at radius 2 is 2.15 bits per heavy atom. The van der Waals surface area contributed by atoms with Crippen LogP contribution in [0.25, 0.3) is 0 Å². The highest BCUT2D eigenvalue weighted by Crippen LogP contribution is 2.12. The molecule has 0 saturated carbocycles. The summed E-state index contributed by atoms with van der Waals surface area (Å²) < 4.78 is 1.16. The Morgan fingerprint density at radius 1 is 1.38 bits per heavy atom. The quantitative estimate of drug-likeness (QED) is 0.609. The molecule has 72 valence electrons. The number of alkyl halides is 1. The Labute approximate surface area is 96.4 Å². The number of nitrogens with zero attached hydrogens (tertiary/aromatic N) is 1. The molecule has 0 unspecified atom stereocenters. The standard InChI is InChI=1S/C10H13Br2N/c1-13(8-11)6-5-9-3-2-4-10(12)7-9/h2-4,7H,5-6,8H2,1H3. The molecular formula is C10H13Br2N. The van der Waals surface area contributed by atoms with Gasteiger partial charge >= 0.3 is 0 Å². The van der Waals surface area contributed by atoms with Gasteiger partial charge in [-0.3, -0.25) is 4.90 Å². The van der Waals surface area contributed by atoms with Gasteiger partial charge in [-0.15, -0.1) is 0 Å². The predicted octanol–water partition coefficient (Wildman–Crippen LogP) is 3.28. The Balaban J connectivity index is 2.45. The van der Waals surface area contributed by atoms with Crippen LogP contribution in [0.2, 0.25) is 0 Å². The van der Waals surface area contributed by atoms with Crippen LogP contribution in [-0.4, -0.2) is 23.9 Å². The molecule has 1 aromatic rings. The summed E-state index contributed by atoms with van der Waals surface area (Å²) in [4.78, 5) is 2.24. The van der Waals surface area contributed by atoms with E-state index in [1.165, 1.54) is 5.56 Å². The molecule has 0 aliphatic heterocycles. The zero-order chi connectivity index (χ0) is 9.68. The van der Waals surface area contributed by atoms with Crippen molar-refractivity contribution in [3.8, 4) is 0 Å². The summed E-state index contributed by atoms with van der Waals surface area (Å²) in [6, 6.07) is 8.46. The third-order valence-corrected chi connectivity index (χ3v) is 3.22. The zero-order valence-electron chi connectivity index (χ0n) is 7.63. The van der Waals surface area contributed by atoms with Crippen LogP contribution < -0.4 is 0 Å². The maximum atomic E-state index is 3.46. The minimum atomic E-state index is 0.932. The van der Waals surface area contributed by atoms with Crippen molar-refractivity contribution in [3.63, 3.8) is 0 Å². The molecule has 1 aromatic carbocycles. The molecule has 0 amide bonds. The average molecular weight is 307 g/mol. The van der Waals surface area contributed by atoms with Gasteiger partial charge in [-0.2, -0.15) is 0 Å². The van der Waals surface area contributed by atoms with Gasteiger partial charge < -0.3 is 0 Å². The second-order valence-corrected chi connectivity index (χ2v) is 4.50. The van der Waals surface area contributed by atoms with E-state index < -0.39 is 0 Å². The van der Waals surface area contributed by atoms with Crippen LogP contribution in [0.5, 0.6) is 0 Å². The van der Waals surface area contributed by atoms with Crippen LogP contribution in [0.4, 0.5) is 0 Å². The van der Waals surface area contributed by atoms with E-state index in [2.05, 4.69) is 68.1 Å². The highest BCUT2D eigenvalue weighted by atomic mass is 79.9. The monoisotopic (exact) mass is 305 g/mol. The molecule has 1 nitrogen and oxygen atoms in total. The van der Waals surface area contributed by atoms with Gasteiger partial charge in [0.25, 0.3) is 0 Å². The molecule has 3 heteroatoms. The van der Waals surface area contributed by atoms with Crippen molar-refractivity contribution in [3.05, 3.63) is 34.3 Å². The van der Waals surface area contributed by atoms with Gasteiger partial charge in [0.1, 0.15) is 0 Å². The van der Waals surface area contributed by atoms with Crippen molar-refractivity contribution in [2.45, 2.75) is 6.42 Å². The van der Waals surface area contributed by atoms with Crippen LogP contribution in [0.3, 0.4) is 0 Å². The molecule has 0 bridgehead atoms. The summed E-state index contributed by atoms with van der Waals surface area (Å²) in [6.45, 7) is 1.09. The van der Waals surface area contributed by atoms with Gasteiger partial charge in [-0.25, -0.2) is 0 Å². The van der Waals surface area contributed by atoms with Gasteiger partial charge in [0.05, 0.1) is 5.45 Å². The first-order valence-electron chi connectivity index (χ1n) is 4.21. The predicted molar refractivity (Wildman–Crippen MR) is 64.3 cm³/mol. The van der Waals surface area contributed by atoms with E-state index >= 15 is 0 Å². The van der Waals surface area contributed by atoms with E-state index in [0.717, 1.165) is 22.9 Å². The van der Waals surface area contributed by atoms with Crippen LogP contribution in [-0.2, 0) is 6.42 Å². The molecule has 0 heterocycles. The van der Waals surface area contributed by atoms with Crippen LogP contribution in [0, 0.1) is 0 Å². The minimum Gasteiger partial charge on any atom is -0.296 e. The van der Waals surface area contributed by atoms with Gasteiger partial charge in [-0.05, 0) is 31.2 Å². The summed E-state index contributed by atoms with van der Waals surface area (Å²) in [5.41, 5.74) is 2.31. The number of halogens is 2. The lowest BCUT2D eigenvalue weighted by molar-refractivity contribution is 0.401. The molecule has 0 radical (unpaired) electrons. The van der Waals surface area contributed by atoms with Gasteiger partial charge in [0.2, 0.25) is 0 Å². The van der Waals surface area contributed by atoms with E-state index in [0.29, 0.717) is 0 Å². The highest BCUT2D eigenvalue weighted by Gasteiger charge is 1.97. The molecule has 0 saturated heterocycles. The summed E-state index contributed by atoms with van der Waals surface area (Å²) >= 11 is 6.88. The lowest BCUT2D eigenvalue weighted by Gasteiger charge is -2.12. The van der Waals surface area contributed by atoms with E-state index in [-0.39, 0.29) is 0 Å².